The van der Waals surface area contributed by atoms with E-state index in [1.165, 1.54) is 17.8 Å². The molecule has 41 heavy (non-hydrogen) atoms. The molecule has 1 aromatic heterocycles. The number of hydrogen-bond donors (Lipinski definition) is 1. The van der Waals surface area contributed by atoms with E-state index in [0.29, 0.717) is 23.0 Å². The molecular formula is C29H22F3N3O5S. The molecule has 1 unspecified atom stereocenters. The summed E-state index contributed by atoms with van der Waals surface area (Å²) in [5.41, 5.74) is 3.95. The minimum absolute atomic E-state index is 0.122. The second-order valence-electron chi connectivity index (χ2n) is 9.10. The monoisotopic (exact) mass is 581 g/mol. The number of aryl methyl sites for hydroxylation is 1. The van der Waals surface area contributed by atoms with Crippen LogP contribution in [0.1, 0.15) is 28.4 Å². The number of hydroxylamine groups is 2. The number of thioether (sulfide) groups is 1. The summed E-state index contributed by atoms with van der Waals surface area (Å²) < 4.78 is 44.3. The number of benzene rings is 3. The molecule has 3 aromatic carbocycles. The highest BCUT2D eigenvalue weighted by atomic mass is 32.2. The standard InChI is InChI=1S/C29H22F3N3O5S/c1-17-14-19(21-6-2-4-8-23(21)33-17)15-39-20-12-10-18(11-13-20)16-41-24-9-5-3-7-22(24)25-26(36)34-28(38)35(25)40-27(37)29(30,31)32/h2-14,25H,15-16H2,1H3,(H,34,36,38). The largest absolute Gasteiger partial charge is 0.493 e. The van der Waals surface area contributed by atoms with Crippen molar-refractivity contribution in [2.45, 2.75) is 36.4 Å². The second-order valence-corrected chi connectivity index (χ2v) is 10.1. The molecule has 0 spiro atoms. The van der Waals surface area contributed by atoms with Crippen molar-refractivity contribution in [1.29, 1.82) is 0 Å². The number of carbonyl (C=O) groups is 3. The van der Waals surface area contributed by atoms with Gasteiger partial charge < -0.3 is 9.57 Å². The van der Waals surface area contributed by atoms with E-state index >= 15 is 0 Å². The molecule has 0 aliphatic carbocycles. The molecular weight excluding hydrogens is 559 g/mol. The van der Waals surface area contributed by atoms with Crippen molar-refractivity contribution in [3.8, 4) is 5.75 Å². The number of alkyl halides is 3. The number of imide groups is 1. The number of carbonyl (C=O) groups excluding carboxylic acids is 3. The van der Waals surface area contributed by atoms with Crippen LogP contribution in [0, 0.1) is 6.92 Å². The topological polar surface area (TPSA) is 97.8 Å². The van der Waals surface area contributed by atoms with Crippen LogP contribution in [-0.2, 0) is 26.8 Å². The van der Waals surface area contributed by atoms with E-state index in [4.69, 9.17) is 4.74 Å². The van der Waals surface area contributed by atoms with Gasteiger partial charge in [-0.25, -0.2) is 9.59 Å². The number of aromatic nitrogens is 1. The Kier molecular flexibility index (Phi) is 7.84. The van der Waals surface area contributed by atoms with Crippen LogP contribution in [0.15, 0.2) is 83.8 Å². The number of urea groups is 1. The number of ether oxygens (including phenoxy) is 1. The number of fused-ring (bicyclic) bond motifs is 1. The van der Waals surface area contributed by atoms with Crippen LogP contribution >= 0.6 is 11.8 Å². The Morgan fingerprint density at radius 2 is 1.73 bits per heavy atom. The van der Waals surface area contributed by atoms with Gasteiger partial charge in [0.25, 0.3) is 5.91 Å². The van der Waals surface area contributed by atoms with Gasteiger partial charge in [-0.2, -0.15) is 13.2 Å². The summed E-state index contributed by atoms with van der Waals surface area (Å²) >= 11 is 1.31. The fourth-order valence-electron chi connectivity index (χ4n) is 4.31. The molecule has 0 bridgehead atoms. The maximum absolute atomic E-state index is 12.8. The number of halogens is 3. The van der Waals surface area contributed by atoms with Gasteiger partial charge in [-0.15, -0.1) is 16.8 Å². The summed E-state index contributed by atoms with van der Waals surface area (Å²) in [4.78, 5) is 45.3. The fourth-order valence-corrected chi connectivity index (χ4v) is 5.35. The first-order valence-electron chi connectivity index (χ1n) is 12.3. The van der Waals surface area contributed by atoms with Crippen LogP contribution in [0.25, 0.3) is 10.9 Å². The summed E-state index contributed by atoms with van der Waals surface area (Å²) in [6.07, 6.45) is -5.34. The molecule has 1 aliphatic heterocycles. The molecule has 1 N–H and O–H groups in total. The average Bonchev–Trinajstić information content (AvgIpc) is 3.22. The SMILES string of the molecule is Cc1cc(COc2ccc(CSc3ccccc3C3C(=O)NC(=O)N3OC(=O)C(F)(F)F)cc2)c2ccccc2n1. The van der Waals surface area contributed by atoms with E-state index in [1.54, 1.807) is 18.2 Å². The van der Waals surface area contributed by atoms with Crippen molar-refractivity contribution < 1.29 is 37.1 Å². The van der Waals surface area contributed by atoms with Gasteiger partial charge in [0.05, 0.1) is 5.52 Å². The van der Waals surface area contributed by atoms with Crippen molar-refractivity contribution in [1.82, 2.24) is 15.4 Å². The molecule has 8 nitrogen and oxygen atoms in total. The lowest BCUT2D eigenvalue weighted by molar-refractivity contribution is -0.230. The number of nitrogens with one attached hydrogen (secondary N) is 1. The first-order chi connectivity index (χ1) is 19.6. The molecule has 210 valence electrons. The number of nitrogens with zero attached hydrogens (tertiary/aromatic N) is 2. The lowest BCUT2D eigenvalue weighted by Crippen LogP contribution is -2.38. The summed E-state index contributed by atoms with van der Waals surface area (Å²) in [5, 5.41) is 3.04. The normalized spacial score (nSPS) is 15.2. The molecule has 0 radical (unpaired) electrons. The van der Waals surface area contributed by atoms with E-state index in [9.17, 15) is 27.6 Å². The number of pyridine rings is 1. The molecule has 5 rings (SSSR count). The summed E-state index contributed by atoms with van der Waals surface area (Å²) in [5.74, 6) is -2.40. The molecule has 1 fully saturated rings. The Labute approximate surface area is 236 Å². The first-order valence-corrected chi connectivity index (χ1v) is 13.3. The zero-order chi connectivity index (χ0) is 29.1. The van der Waals surface area contributed by atoms with Crippen LogP contribution in [0.3, 0.4) is 0 Å². The molecule has 4 aromatic rings. The van der Waals surface area contributed by atoms with Gasteiger partial charge in [-0.05, 0) is 42.8 Å². The highest BCUT2D eigenvalue weighted by Gasteiger charge is 2.49. The zero-order valence-corrected chi connectivity index (χ0v) is 22.3. The zero-order valence-electron chi connectivity index (χ0n) is 21.5. The van der Waals surface area contributed by atoms with Crippen LogP contribution in [0.4, 0.5) is 18.0 Å². The van der Waals surface area contributed by atoms with Gasteiger partial charge in [0.2, 0.25) is 0 Å². The quantitative estimate of drug-likeness (QED) is 0.201. The Hall–Kier alpha value is -4.58. The second kappa shape index (κ2) is 11.5. The van der Waals surface area contributed by atoms with E-state index in [0.717, 1.165) is 27.7 Å². The van der Waals surface area contributed by atoms with Crippen LogP contribution < -0.4 is 10.1 Å². The number of amides is 3. The molecule has 0 saturated carbocycles. The molecule has 1 aliphatic rings. The maximum Gasteiger partial charge on any atom is 0.493 e. The molecule has 1 saturated heterocycles. The van der Waals surface area contributed by atoms with Crippen molar-refractivity contribution in [2.24, 2.45) is 0 Å². The van der Waals surface area contributed by atoms with E-state index in [1.807, 2.05) is 66.8 Å². The van der Waals surface area contributed by atoms with Gasteiger partial charge >= 0.3 is 18.2 Å². The molecule has 3 amide bonds. The number of rotatable bonds is 8. The lowest BCUT2D eigenvalue weighted by Gasteiger charge is -2.22. The maximum atomic E-state index is 12.8. The van der Waals surface area contributed by atoms with E-state index in [2.05, 4.69) is 9.82 Å². The highest BCUT2D eigenvalue weighted by Crippen LogP contribution is 2.36. The number of hydrogen-bond acceptors (Lipinski definition) is 7. The molecule has 2 heterocycles. The highest BCUT2D eigenvalue weighted by molar-refractivity contribution is 7.98. The fraction of sp³-hybridized carbons (Fsp3) is 0.172. The van der Waals surface area contributed by atoms with Crippen LogP contribution in [-0.4, -0.2) is 34.1 Å². The van der Waals surface area contributed by atoms with E-state index in [-0.39, 0.29) is 10.6 Å². The van der Waals surface area contributed by atoms with Crippen molar-refractivity contribution in [2.75, 3.05) is 0 Å². The van der Waals surface area contributed by atoms with Gasteiger partial charge in [0.1, 0.15) is 12.4 Å². The summed E-state index contributed by atoms with van der Waals surface area (Å²) in [6, 6.07) is 20.9. The lowest BCUT2D eigenvalue weighted by atomic mass is 10.1. The first kappa shape index (κ1) is 28.0. The Balaban J connectivity index is 1.26. The van der Waals surface area contributed by atoms with Crippen molar-refractivity contribution in [3.05, 3.63) is 101 Å². The van der Waals surface area contributed by atoms with Crippen LogP contribution in [0.5, 0.6) is 5.75 Å². The Morgan fingerprint density at radius 3 is 2.49 bits per heavy atom. The number of para-hydroxylation sites is 1. The van der Waals surface area contributed by atoms with Crippen molar-refractivity contribution >= 4 is 40.6 Å². The summed E-state index contributed by atoms with van der Waals surface area (Å²) in [6.45, 7) is 2.30. The third kappa shape index (κ3) is 6.27. The minimum Gasteiger partial charge on any atom is -0.489 e. The van der Waals surface area contributed by atoms with Gasteiger partial charge in [0.15, 0.2) is 6.04 Å². The summed E-state index contributed by atoms with van der Waals surface area (Å²) in [7, 11) is 0. The predicted molar refractivity (Wildman–Crippen MR) is 144 cm³/mol. The predicted octanol–water partition coefficient (Wildman–Crippen LogP) is 6.03. The van der Waals surface area contributed by atoms with Crippen molar-refractivity contribution in [3.63, 3.8) is 0 Å². The average molecular weight is 582 g/mol. The Morgan fingerprint density at radius 1 is 1.02 bits per heavy atom. The van der Waals surface area contributed by atoms with Crippen LogP contribution in [0.2, 0.25) is 0 Å². The minimum atomic E-state index is -5.34. The van der Waals surface area contributed by atoms with Gasteiger partial charge in [-0.3, -0.25) is 15.1 Å². The Bertz CT molecular complexity index is 1630. The smallest absolute Gasteiger partial charge is 0.489 e. The van der Waals surface area contributed by atoms with E-state index < -0.39 is 30.1 Å². The third-order valence-electron chi connectivity index (χ3n) is 6.18. The van der Waals surface area contributed by atoms with Gasteiger partial charge in [-0.1, -0.05) is 48.5 Å². The third-order valence-corrected chi connectivity index (χ3v) is 7.34. The van der Waals surface area contributed by atoms with Gasteiger partial charge in [0, 0.05) is 32.9 Å². The molecule has 12 heteroatoms. The molecule has 1 atom stereocenters.